The van der Waals surface area contributed by atoms with Crippen molar-refractivity contribution in [3.05, 3.63) is 58.5 Å². The van der Waals surface area contributed by atoms with Gasteiger partial charge in [-0.05, 0) is 86.6 Å². The summed E-state index contributed by atoms with van der Waals surface area (Å²) in [5.41, 5.74) is -0.754. The fourth-order valence-electron chi connectivity index (χ4n) is 8.52. The van der Waals surface area contributed by atoms with E-state index in [0.717, 1.165) is 60.5 Å². The molecule has 4 fully saturated rings. The molecule has 43 heavy (non-hydrogen) atoms. The number of allylic oxidation sites excluding steroid dienone is 2. The largest absolute Gasteiger partial charge is 0.506 e. The summed E-state index contributed by atoms with van der Waals surface area (Å²) in [6.45, 7) is 6.34. The van der Waals surface area contributed by atoms with Gasteiger partial charge < -0.3 is 25.4 Å². The van der Waals surface area contributed by atoms with E-state index in [1.54, 1.807) is 0 Å². The molecule has 1 amide bonds. The van der Waals surface area contributed by atoms with Crippen LogP contribution in [0.2, 0.25) is 0 Å². The molecular weight excluding hydrogens is 566 g/mol. The number of phenols is 2. The van der Waals surface area contributed by atoms with Gasteiger partial charge in [0.2, 0.25) is 5.91 Å². The third-order valence-electron chi connectivity index (χ3n) is 10.4. The van der Waals surface area contributed by atoms with Gasteiger partial charge in [0.1, 0.15) is 17.0 Å². The number of carbonyl (C=O) groups excluding carboxylic acids is 2. The van der Waals surface area contributed by atoms with E-state index in [2.05, 4.69) is 49.5 Å². The van der Waals surface area contributed by atoms with Crippen LogP contribution in [0.5, 0.6) is 11.5 Å². The van der Waals surface area contributed by atoms with E-state index in [9.17, 15) is 29.7 Å². The highest BCUT2D eigenvalue weighted by molar-refractivity contribution is 8.04. The van der Waals surface area contributed by atoms with Gasteiger partial charge in [0, 0.05) is 22.6 Å². The number of nitrogens with one attached hydrogen (secondary N) is 1. The van der Waals surface area contributed by atoms with E-state index >= 15 is 0 Å². The zero-order valence-corrected chi connectivity index (χ0v) is 25.6. The molecular formula is C34H39NO7S. The summed E-state index contributed by atoms with van der Waals surface area (Å²) >= 11 is 1.50. The molecule has 1 spiro atoms. The van der Waals surface area contributed by atoms with E-state index in [-0.39, 0.29) is 47.4 Å². The molecule has 2 heterocycles. The second kappa shape index (κ2) is 10.7. The van der Waals surface area contributed by atoms with Gasteiger partial charge in [-0.25, -0.2) is 4.79 Å². The monoisotopic (exact) mass is 605 g/mol. The smallest absolute Gasteiger partial charge is 0.339 e. The first-order valence-corrected chi connectivity index (χ1v) is 16.0. The molecule has 228 valence electrons. The molecule has 0 aromatic heterocycles. The fourth-order valence-corrected chi connectivity index (χ4v) is 9.67. The number of carboxylic acids is 1. The zero-order chi connectivity index (χ0) is 30.7. The Morgan fingerprint density at radius 1 is 1.12 bits per heavy atom. The van der Waals surface area contributed by atoms with Gasteiger partial charge in [-0.15, -0.1) is 0 Å². The van der Waals surface area contributed by atoms with Gasteiger partial charge >= 0.3 is 5.97 Å². The lowest BCUT2D eigenvalue weighted by molar-refractivity contribution is -0.169. The lowest BCUT2D eigenvalue weighted by Crippen LogP contribution is -2.57. The van der Waals surface area contributed by atoms with E-state index in [4.69, 9.17) is 4.74 Å². The maximum atomic E-state index is 14.4. The number of hydrogen-bond acceptors (Lipinski definition) is 7. The van der Waals surface area contributed by atoms with Crippen LogP contribution in [-0.4, -0.2) is 44.7 Å². The molecule has 5 aliphatic rings. The third kappa shape index (κ3) is 4.94. The van der Waals surface area contributed by atoms with Crippen molar-refractivity contribution in [2.75, 3.05) is 5.32 Å². The first-order chi connectivity index (χ1) is 20.4. The quantitative estimate of drug-likeness (QED) is 0.220. The second-order valence-corrected chi connectivity index (χ2v) is 14.4. The Hall–Kier alpha value is -3.30. The van der Waals surface area contributed by atoms with E-state index in [1.807, 2.05) is 6.92 Å². The standard InChI is InChI=1S/C34H39NO7S/c1-4-5-6-19-7-9-21(10-8-19)43-25-17-34-16-20-15-24(42-33(20,3)18-34)29(34)32(2,30(25)39)14-13-26(37)35-27-23(36)12-11-22(28(27)38)31(40)41/h7-12,17,20,24,29,36,38H,4-6,13-16,18H2,1-3H3,(H,35,37)(H,40,41)/t20-,24+,29+,32+,33+,34-/m1/s1. The van der Waals surface area contributed by atoms with Gasteiger partial charge in [0.15, 0.2) is 11.5 Å². The molecule has 2 aromatic rings. The summed E-state index contributed by atoms with van der Waals surface area (Å²) in [6.07, 6.45) is 8.41. The van der Waals surface area contributed by atoms with Crippen molar-refractivity contribution in [3.63, 3.8) is 0 Å². The second-order valence-electron chi connectivity index (χ2n) is 13.3. The molecule has 8 nitrogen and oxygen atoms in total. The van der Waals surface area contributed by atoms with Crippen LogP contribution in [-0.2, 0) is 20.7 Å². The summed E-state index contributed by atoms with van der Waals surface area (Å²) in [5.74, 6) is -2.67. The Balaban J connectivity index is 1.27. The molecule has 3 aliphatic carbocycles. The number of thioether (sulfide) groups is 1. The van der Waals surface area contributed by atoms with Crippen LogP contribution in [0.3, 0.4) is 0 Å². The predicted molar refractivity (Wildman–Crippen MR) is 163 cm³/mol. The molecule has 2 saturated carbocycles. The Kier molecular flexibility index (Phi) is 7.40. The van der Waals surface area contributed by atoms with Crippen molar-refractivity contribution < 1.29 is 34.4 Å². The average molecular weight is 606 g/mol. The molecule has 0 unspecified atom stereocenters. The van der Waals surface area contributed by atoms with Crippen molar-refractivity contribution in [2.24, 2.45) is 22.7 Å². The van der Waals surface area contributed by atoms with Gasteiger partial charge in [0.05, 0.1) is 16.6 Å². The molecule has 4 bridgehead atoms. The SMILES string of the molecule is CCCCc1ccc(SC2=C[C@]34C[C@H]5C[C@H](O[C@@]5(C)C3)[C@H]4[C@](C)(CCC(=O)Nc3c(O)ccc(C(=O)O)c3O)C2=O)cc1. The summed E-state index contributed by atoms with van der Waals surface area (Å²) in [7, 11) is 0. The first-order valence-electron chi connectivity index (χ1n) is 15.2. The van der Waals surface area contributed by atoms with Gasteiger partial charge in [0.25, 0.3) is 0 Å². The highest BCUT2D eigenvalue weighted by Gasteiger charge is 2.72. The molecule has 0 radical (unpaired) electrons. The number of rotatable bonds is 10. The summed E-state index contributed by atoms with van der Waals surface area (Å²) in [5, 5.41) is 32.4. The van der Waals surface area contributed by atoms with Gasteiger partial charge in [-0.2, -0.15) is 0 Å². The van der Waals surface area contributed by atoms with Crippen molar-refractivity contribution in [3.8, 4) is 11.5 Å². The third-order valence-corrected chi connectivity index (χ3v) is 11.5. The number of unbranched alkanes of at least 4 members (excludes halogenated alkanes) is 1. The fraction of sp³-hybridized carbons (Fsp3) is 0.500. The Bertz CT molecular complexity index is 1520. The number of ether oxygens (including phenoxy) is 1. The van der Waals surface area contributed by atoms with Crippen LogP contribution < -0.4 is 5.32 Å². The lowest BCUT2D eigenvalue weighted by Gasteiger charge is -2.56. The Labute approximate surface area is 255 Å². The number of amides is 1. The zero-order valence-electron chi connectivity index (χ0n) is 24.8. The highest BCUT2D eigenvalue weighted by Crippen LogP contribution is 2.72. The van der Waals surface area contributed by atoms with Crippen LogP contribution in [0.1, 0.15) is 81.6 Å². The number of Topliss-reactive ketones (excluding diaryl/α,β-unsaturated/α-hetero) is 1. The number of ketones is 1. The van der Waals surface area contributed by atoms with Crippen molar-refractivity contribution in [1.82, 2.24) is 0 Å². The van der Waals surface area contributed by atoms with Crippen LogP contribution in [0.4, 0.5) is 5.69 Å². The minimum absolute atomic E-state index is 0.0112. The predicted octanol–water partition coefficient (Wildman–Crippen LogP) is 6.70. The Morgan fingerprint density at radius 3 is 2.53 bits per heavy atom. The molecule has 2 aliphatic heterocycles. The number of aryl methyl sites for hydroxylation is 1. The number of aromatic carboxylic acids is 1. The van der Waals surface area contributed by atoms with Crippen LogP contribution in [0.25, 0.3) is 0 Å². The molecule has 6 atom stereocenters. The van der Waals surface area contributed by atoms with E-state index < -0.39 is 34.4 Å². The molecule has 2 saturated heterocycles. The van der Waals surface area contributed by atoms with Crippen molar-refractivity contribution >= 4 is 35.1 Å². The van der Waals surface area contributed by atoms with Crippen molar-refractivity contribution in [1.29, 1.82) is 0 Å². The molecule has 4 N–H and O–H groups in total. The molecule has 2 aromatic carbocycles. The van der Waals surface area contributed by atoms with Crippen molar-refractivity contribution in [2.45, 2.75) is 88.7 Å². The minimum atomic E-state index is -1.38. The van der Waals surface area contributed by atoms with E-state index in [0.29, 0.717) is 5.92 Å². The number of carboxylic acid groups (broad SMARTS) is 1. The summed E-state index contributed by atoms with van der Waals surface area (Å²) in [6, 6.07) is 10.6. The lowest BCUT2D eigenvalue weighted by atomic mass is 9.51. The average Bonchev–Trinajstić information content (AvgIpc) is 3.32. The number of anilines is 1. The number of benzene rings is 2. The molecule has 7 rings (SSSR count). The van der Waals surface area contributed by atoms with Crippen LogP contribution in [0, 0.1) is 22.7 Å². The topological polar surface area (TPSA) is 133 Å². The van der Waals surface area contributed by atoms with Crippen LogP contribution in [0.15, 0.2) is 52.3 Å². The first kappa shape index (κ1) is 29.8. The summed E-state index contributed by atoms with van der Waals surface area (Å²) in [4.78, 5) is 40.8. The number of carbonyl (C=O) groups is 3. The molecule has 9 heteroatoms. The van der Waals surface area contributed by atoms with Crippen LogP contribution >= 0.6 is 11.8 Å². The van der Waals surface area contributed by atoms with E-state index in [1.165, 1.54) is 17.3 Å². The number of aromatic hydroxyl groups is 2. The summed E-state index contributed by atoms with van der Waals surface area (Å²) < 4.78 is 6.60. The Morgan fingerprint density at radius 2 is 1.86 bits per heavy atom. The number of phenolic OH excluding ortho intramolecular Hbond substituents is 1. The van der Waals surface area contributed by atoms with Gasteiger partial charge in [-0.1, -0.05) is 50.2 Å². The minimum Gasteiger partial charge on any atom is -0.506 e. The highest BCUT2D eigenvalue weighted by atomic mass is 32.2. The normalized spacial score (nSPS) is 32.0. The number of hydrogen-bond donors (Lipinski definition) is 4. The maximum Gasteiger partial charge on any atom is 0.339 e. The van der Waals surface area contributed by atoms with Gasteiger partial charge in [-0.3, -0.25) is 9.59 Å². The maximum absolute atomic E-state index is 14.4.